The van der Waals surface area contributed by atoms with Gasteiger partial charge in [0.2, 0.25) is 5.91 Å². The van der Waals surface area contributed by atoms with E-state index in [0.717, 1.165) is 16.4 Å². The Morgan fingerprint density at radius 1 is 1.45 bits per heavy atom. The third-order valence-electron chi connectivity index (χ3n) is 2.74. The SMILES string of the molecule is CC(=O)Nc1ccc(NC(C)c2csc(C)n2)cc1Cl. The fraction of sp³-hybridized carbons (Fsp3) is 0.286. The van der Waals surface area contributed by atoms with Crippen LogP contribution in [0.5, 0.6) is 0 Å². The molecule has 2 rings (SSSR count). The predicted molar refractivity (Wildman–Crippen MR) is 84.6 cm³/mol. The normalized spacial score (nSPS) is 12.0. The Morgan fingerprint density at radius 3 is 2.75 bits per heavy atom. The molecule has 1 aromatic carbocycles. The van der Waals surface area contributed by atoms with Gasteiger partial charge in [-0.1, -0.05) is 11.6 Å². The maximum absolute atomic E-state index is 11.0. The highest BCUT2D eigenvalue weighted by Crippen LogP contribution is 2.28. The number of thiazole rings is 1. The second kappa shape index (κ2) is 6.24. The number of nitrogens with one attached hydrogen (secondary N) is 2. The number of carbonyl (C=O) groups is 1. The molecule has 0 fully saturated rings. The first-order chi connectivity index (χ1) is 9.45. The molecule has 20 heavy (non-hydrogen) atoms. The zero-order valence-electron chi connectivity index (χ0n) is 11.5. The van der Waals surface area contributed by atoms with Crippen LogP contribution in [0.2, 0.25) is 5.02 Å². The molecule has 0 radical (unpaired) electrons. The standard InChI is InChI=1S/C14H16ClN3OS/c1-8(14-7-20-10(3)18-14)16-11-4-5-13(12(15)6-11)17-9(2)19/h4-8,16H,1-3H3,(H,17,19). The molecule has 1 unspecified atom stereocenters. The van der Waals surface area contributed by atoms with Gasteiger partial charge in [-0.05, 0) is 32.0 Å². The highest BCUT2D eigenvalue weighted by molar-refractivity contribution is 7.09. The van der Waals surface area contributed by atoms with Gasteiger partial charge in [-0.2, -0.15) is 0 Å². The van der Waals surface area contributed by atoms with E-state index in [2.05, 4.69) is 15.6 Å². The van der Waals surface area contributed by atoms with Crippen molar-refractivity contribution in [3.63, 3.8) is 0 Å². The van der Waals surface area contributed by atoms with E-state index < -0.39 is 0 Å². The van der Waals surface area contributed by atoms with Gasteiger partial charge in [0.1, 0.15) is 0 Å². The first-order valence-corrected chi connectivity index (χ1v) is 7.47. The van der Waals surface area contributed by atoms with Crippen LogP contribution in [0.15, 0.2) is 23.6 Å². The van der Waals surface area contributed by atoms with Crippen LogP contribution in [0.4, 0.5) is 11.4 Å². The summed E-state index contributed by atoms with van der Waals surface area (Å²) in [7, 11) is 0. The fourth-order valence-electron chi connectivity index (χ4n) is 1.80. The molecule has 0 saturated heterocycles. The number of benzene rings is 1. The Balaban J connectivity index is 2.10. The van der Waals surface area contributed by atoms with Gasteiger partial charge in [-0.3, -0.25) is 4.79 Å². The number of carbonyl (C=O) groups excluding carboxylic acids is 1. The van der Waals surface area contributed by atoms with E-state index in [4.69, 9.17) is 11.6 Å². The van der Waals surface area contributed by atoms with E-state index >= 15 is 0 Å². The Labute approximate surface area is 127 Å². The van der Waals surface area contributed by atoms with Gasteiger partial charge >= 0.3 is 0 Å². The average Bonchev–Trinajstić information content (AvgIpc) is 2.79. The topological polar surface area (TPSA) is 54.0 Å². The van der Waals surface area contributed by atoms with Crippen LogP contribution in [0.1, 0.15) is 30.6 Å². The lowest BCUT2D eigenvalue weighted by Crippen LogP contribution is -2.08. The summed E-state index contributed by atoms with van der Waals surface area (Å²) >= 11 is 7.77. The van der Waals surface area contributed by atoms with Crippen LogP contribution in [0.25, 0.3) is 0 Å². The van der Waals surface area contributed by atoms with Gasteiger partial charge in [-0.25, -0.2) is 4.98 Å². The van der Waals surface area contributed by atoms with Gasteiger partial charge in [-0.15, -0.1) is 11.3 Å². The zero-order chi connectivity index (χ0) is 14.7. The highest BCUT2D eigenvalue weighted by Gasteiger charge is 2.10. The lowest BCUT2D eigenvalue weighted by atomic mass is 10.2. The Bertz CT molecular complexity index is 627. The molecule has 1 aromatic heterocycles. The molecule has 6 heteroatoms. The molecule has 0 saturated carbocycles. The Hall–Kier alpha value is -1.59. The summed E-state index contributed by atoms with van der Waals surface area (Å²) in [6.45, 7) is 5.49. The number of rotatable bonds is 4. The molecule has 1 heterocycles. The number of hydrogen-bond acceptors (Lipinski definition) is 4. The largest absolute Gasteiger partial charge is 0.377 e. The lowest BCUT2D eigenvalue weighted by Gasteiger charge is -2.14. The first-order valence-electron chi connectivity index (χ1n) is 6.21. The molecule has 4 nitrogen and oxygen atoms in total. The van der Waals surface area contributed by atoms with Crippen molar-refractivity contribution in [3.8, 4) is 0 Å². The summed E-state index contributed by atoms with van der Waals surface area (Å²) in [5.74, 6) is -0.140. The number of aryl methyl sites for hydroxylation is 1. The van der Waals surface area contributed by atoms with Crippen LogP contribution in [0, 0.1) is 6.92 Å². The molecule has 2 aromatic rings. The molecule has 0 aliphatic heterocycles. The third kappa shape index (κ3) is 3.71. The molecular formula is C14H16ClN3OS. The predicted octanol–water partition coefficient (Wildman–Crippen LogP) is 4.24. The van der Waals surface area contributed by atoms with Crippen molar-refractivity contribution < 1.29 is 4.79 Å². The summed E-state index contributed by atoms with van der Waals surface area (Å²) in [5.41, 5.74) is 2.51. The van der Waals surface area contributed by atoms with E-state index in [1.54, 1.807) is 23.5 Å². The summed E-state index contributed by atoms with van der Waals surface area (Å²) in [6.07, 6.45) is 0. The minimum Gasteiger partial charge on any atom is -0.377 e. The number of anilines is 2. The molecule has 0 spiro atoms. The second-order valence-corrected chi connectivity index (χ2v) is 6.00. The third-order valence-corrected chi connectivity index (χ3v) is 3.85. The van der Waals surface area contributed by atoms with Crippen LogP contribution in [0.3, 0.4) is 0 Å². The Morgan fingerprint density at radius 2 is 2.20 bits per heavy atom. The second-order valence-electron chi connectivity index (χ2n) is 4.53. The smallest absolute Gasteiger partial charge is 0.221 e. The molecule has 0 aliphatic carbocycles. The summed E-state index contributed by atoms with van der Waals surface area (Å²) in [4.78, 5) is 15.5. The van der Waals surface area contributed by atoms with Crippen LogP contribution >= 0.6 is 22.9 Å². The van der Waals surface area contributed by atoms with Gasteiger partial charge in [0.25, 0.3) is 0 Å². The van der Waals surface area contributed by atoms with E-state index in [1.807, 2.05) is 25.3 Å². The number of aromatic nitrogens is 1. The number of amides is 1. The van der Waals surface area contributed by atoms with E-state index in [1.165, 1.54) is 6.92 Å². The molecule has 1 atom stereocenters. The van der Waals surface area contributed by atoms with E-state index in [0.29, 0.717) is 10.7 Å². The molecule has 0 aliphatic rings. The van der Waals surface area contributed by atoms with Crippen molar-refractivity contribution in [2.24, 2.45) is 0 Å². The van der Waals surface area contributed by atoms with Gasteiger partial charge < -0.3 is 10.6 Å². The number of hydrogen-bond donors (Lipinski definition) is 2. The number of nitrogens with zero attached hydrogens (tertiary/aromatic N) is 1. The first kappa shape index (κ1) is 14.8. The minimum atomic E-state index is -0.140. The Kier molecular flexibility index (Phi) is 4.62. The van der Waals surface area contributed by atoms with Crippen molar-refractivity contribution >= 4 is 40.2 Å². The van der Waals surface area contributed by atoms with Crippen molar-refractivity contribution in [2.75, 3.05) is 10.6 Å². The quantitative estimate of drug-likeness (QED) is 0.888. The molecule has 106 valence electrons. The maximum atomic E-state index is 11.0. The van der Waals surface area contributed by atoms with Crippen LogP contribution < -0.4 is 10.6 Å². The summed E-state index contributed by atoms with van der Waals surface area (Å²) in [6, 6.07) is 5.56. The van der Waals surface area contributed by atoms with Crippen molar-refractivity contribution in [1.29, 1.82) is 0 Å². The van der Waals surface area contributed by atoms with Gasteiger partial charge in [0, 0.05) is 18.0 Å². The van der Waals surface area contributed by atoms with Crippen LogP contribution in [-0.4, -0.2) is 10.9 Å². The molecule has 1 amide bonds. The maximum Gasteiger partial charge on any atom is 0.221 e. The lowest BCUT2D eigenvalue weighted by molar-refractivity contribution is -0.114. The number of halogens is 1. The van der Waals surface area contributed by atoms with Gasteiger partial charge in [0.15, 0.2) is 0 Å². The molecular weight excluding hydrogens is 294 g/mol. The van der Waals surface area contributed by atoms with E-state index in [9.17, 15) is 4.79 Å². The minimum absolute atomic E-state index is 0.0997. The molecule has 2 N–H and O–H groups in total. The van der Waals surface area contributed by atoms with Crippen molar-refractivity contribution in [3.05, 3.63) is 39.3 Å². The summed E-state index contributed by atoms with van der Waals surface area (Å²) in [5, 5.41) is 9.62. The molecule has 0 bridgehead atoms. The average molecular weight is 310 g/mol. The van der Waals surface area contributed by atoms with Gasteiger partial charge in [0.05, 0.1) is 27.5 Å². The zero-order valence-corrected chi connectivity index (χ0v) is 13.1. The fourth-order valence-corrected chi connectivity index (χ4v) is 2.73. The van der Waals surface area contributed by atoms with Crippen molar-refractivity contribution in [1.82, 2.24) is 4.98 Å². The highest BCUT2D eigenvalue weighted by atomic mass is 35.5. The van der Waals surface area contributed by atoms with Crippen LogP contribution in [-0.2, 0) is 4.79 Å². The van der Waals surface area contributed by atoms with Crippen molar-refractivity contribution in [2.45, 2.75) is 26.8 Å². The van der Waals surface area contributed by atoms with E-state index in [-0.39, 0.29) is 11.9 Å². The summed E-state index contributed by atoms with van der Waals surface area (Å²) < 4.78 is 0. The monoisotopic (exact) mass is 309 g/mol.